The van der Waals surface area contributed by atoms with Gasteiger partial charge in [0, 0.05) is 13.1 Å². The largest absolute Gasteiger partial charge is 0.480 e. The number of nitrogens with zero attached hydrogens (tertiary/aromatic N) is 1. The van der Waals surface area contributed by atoms with E-state index in [2.05, 4.69) is 19.3 Å². The highest BCUT2D eigenvalue weighted by Gasteiger charge is 2.06. The van der Waals surface area contributed by atoms with Gasteiger partial charge in [-0.2, -0.15) is 0 Å². The lowest BCUT2D eigenvalue weighted by Gasteiger charge is -2.20. The molecule has 0 aromatic rings. The van der Waals surface area contributed by atoms with Crippen LogP contribution in [0.3, 0.4) is 0 Å². The highest BCUT2D eigenvalue weighted by atomic mass is 16.4. The van der Waals surface area contributed by atoms with Crippen molar-refractivity contribution in [1.82, 2.24) is 10.4 Å². The summed E-state index contributed by atoms with van der Waals surface area (Å²) in [6, 6.07) is 0. The Morgan fingerprint density at radius 2 is 1.38 bits per heavy atom. The Bertz CT molecular complexity index is 235. The molecule has 0 amide bonds. The van der Waals surface area contributed by atoms with Crippen LogP contribution in [0.1, 0.15) is 84.5 Å². The summed E-state index contributed by atoms with van der Waals surface area (Å²) < 4.78 is 0. The van der Waals surface area contributed by atoms with Crippen molar-refractivity contribution < 1.29 is 9.90 Å². The molecular formula is C17H36N2O2. The van der Waals surface area contributed by atoms with Gasteiger partial charge in [0.15, 0.2) is 0 Å². The smallest absolute Gasteiger partial charge is 0.319 e. The molecule has 0 aliphatic carbocycles. The van der Waals surface area contributed by atoms with E-state index >= 15 is 0 Å². The van der Waals surface area contributed by atoms with Crippen molar-refractivity contribution in [3.8, 4) is 0 Å². The number of carboxylic acids is 1. The molecule has 21 heavy (non-hydrogen) atoms. The maximum Gasteiger partial charge on any atom is 0.319 e. The first-order valence-corrected chi connectivity index (χ1v) is 8.91. The van der Waals surface area contributed by atoms with Crippen molar-refractivity contribution in [3.05, 3.63) is 0 Å². The Morgan fingerprint density at radius 3 is 1.86 bits per heavy atom. The number of hydrogen-bond donors (Lipinski definition) is 2. The fourth-order valence-corrected chi connectivity index (χ4v) is 2.50. The van der Waals surface area contributed by atoms with Crippen molar-refractivity contribution in [2.75, 3.05) is 19.6 Å². The third kappa shape index (κ3) is 15.6. The SMILES string of the molecule is CCCCCCCCCCCCNN(CCC)CC(=O)O. The number of nitrogens with one attached hydrogen (secondary N) is 1. The number of hydrogen-bond acceptors (Lipinski definition) is 3. The van der Waals surface area contributed by atoms with Crippen molar-refractivity contribution in [3.63, 3.8) is 0 Å². The molecular weight excluding hydrogens is 264 g/mol. The van der Waals surface area contributed by atoms with Gasteiger partial charge in [-0.3, -0.25) is 10.2 Å². The first-order chi connectivity index (χ1) is 10.2. The lowest BCUT2D eigenvalue weighted by molar-refractivity contribution is -0.139. The predicted octanol–water partition coefficient (Wildman–Crippen LogP) is 4.21. The summed E-state index contributed by atoms with van der Waals surface area (Å²) in [5.74, 6) is -0.765. The lowest BCUT2D eigenvalue weighted by atomic mass is 10.1. The molecule has 126 valence electrons. The number of carbonyl (C=O) groups is 1. The van der Waals surface area contributed by atoms with Gasteiger partial charge in [0.2, 0.25) is 0 Å². The summed E-state index contributed by atoms with van der Waals surface area (Å²) in [7, 11) is 0. The molecule has 2 N–H and O–H groups in total. The van der Waals surface area contributed by atoms with Crippen LogP contribution in [-0.4, -0.2) is 35.7 Å². The molecule has 4 heteroatoms. The van der Waals surface area contributed by atoms with Crippen molar-refractivity contribution >= 4 is 5.97 Å². The number of hydrazine groups is 1. The molecule has 0 fully saturated rings. The molecule has 0 aromatic carbocycles. The van der Waals surface area contributed by atoms with E-state index in [0.29, 0.717) is 0 Å². The van der Waals surface area contributed by atoms with Gasteiger partial charge in [0.05, 0.1) is 0 Å². The maximum atomic E-state index is 10.7. The van der Waals surface area contributed by atoms with Gasteiger partial charge in [0.25, 0.3) is 0 Å². The van der Waals surface area contributed by atoms with Crippen molar-refractivity contribution in [2.24, 2.45) is 0 Å². The van der Waals surface area contributed by atoms with Crippen LogP contribution in [0.15, 0.2) is 0 Å². The summed E-state index contributed by atoms with van der Waals surface area (Å²) in [6.07, 6.45) is 14.3. The Morgan fingerprint density at radius 1 is 0.857 bits per heavy atom. The molecule has 0 saturated heterocycles. The molecule has 0 bridgehead atoms. The van der Waals surface area contributed by atoms with Crippen molar-refractivity contribution in [1.29, 1.82) is 0 Å². The molecule has 0 rings (SSSR count). The third-order valence-corrected chi connectivity index (χ3v) is 3.69. The van der Waals surface area contributed by atoms with E-state index in [4.69, 9.17) is 5.11 Å². The summed E-state index contributed by atoms with van der Waals surface area (Å²) in [6.45, 7) is 6.10. The molecule has 0 spiro atoms. The molecule has 0 saturated carbocycles. The van der Waals surface area contributed by atoms with Crippen LogP contribution < -0.4 is 5.43 Å². The Kier molecular flexibility index (Phi) is 15.3. The third-order valence-electron chi connectivity index (χ3n) is 3.69. The van der Waals surface area contributed by atoms with Crippen LogP contribution in [0.25, 0.3) is 0 Å². The van der Waals surface area contributed by atoms with Gasteiger partial charge in [-0.05, 0) is 12.8 Å². The first-order valence-electron chi connectivity index (χ1n) is 8.91. The van der Waals surface area contributed by atoms with Crippen LogP contribution in [0, 0.1) is 0 Å². The quantitative estimate of drug-likeness (QED) is 0.331. The fourth-order valence-electron chi connectivity index (χ4n) is 2.50. The molecule has 0 aromatic heterocycles. The number of carboxylic acid groups (broad SMARTS) is 1. The summed E-state index contributed by atoms with van der Waals surface area (Å²) in [5.41, 5.74) is 3.23. The summed E-state index contributed by atoms with van der Waals surface area (Å²) in [4.78, 5) is 10.7. The zero-order valence-electron chi connectivity index (χ0n) is 14.2. The van der Waals surface area contributed by atoms with Gasteiger partial charge in [-0.15, -0.1) is 0 Å². The molecule has 0 heterocycles. The highest BCUT2D eigenvalue weighted by Crippen LogP contribution is 2.10. The zero-order valence-corrected chi connectivity index (χ0v) is 14.2. The second-order valence-corrected chi connectivity index (χ2v) is 5.91. The van der Waals surface area contributed by atoms with Crippen LogP contribution in [-0.2, 0) is 4.79 Å². The van der Waals surface area contributed by atoms with E-state index in [-0.39, 0.29) is 6.54 Å². The van der Waals surface area contributed by atoms with E-state index in [1.165, 1.54) is 57.8 Å². The molecule has 0 atom stereocenters. The van der Waals surface area contributed by atoms with Crippen LogP contribution in [0.4, 0.5) is 0 Å². The first kappa shape index (κ1) is 20.4. The minimum atomic E-state index is -0.765. The molecule has 0 aliphatic rings. The van der Waals surface area contributed by atoms with Gasteiger partial charge in [-0.25, -0.2) is 5.01 Å². The number of unbranched alkanes of at least 4 members (excludes halogenated alkanes) is 9. The normalized spacial score (nSPS) is 11.2. The molecule has 0 unspecified atom stereocenters. The Balaban J connectivity index is 3.31. The average molecular weight is 300 g/mol. The van der Waals surface area contributed by atoms with E-state index in [9.17, 15) is 4.79 Å². The summed E-state index contributed by atoms with van der Waals surface area (Å²) >= 11 is 0. The van der Waals surface area contributed by atoms with E-state index in [1.54, 1.807) is 0 Å². The number of rotatable bonds is 16. The zero-order chi connectivity index (χ0) is 15.8. The minimum absolute atomic E-state index is 0.0889. The van der Waals surface area contributed by atoms with Crippen LogP contribution >= 0.6 is 0 Å². The average Bonchev–Trinajstić information content (AvgIpc) is 2.44. The van der Waals surface area contributed by atoms with E-state index < -0.39 is 5.97 Å². The maximum absolute atomic E-state index is 10.7. The standard InChI is InChI=1S/C17H36N2O2/c1-3-5-6-7-8-9-10-11-12-13-14-18-19(15-4-2)16-17(20)21/h18H,3-16H2,1-2H3,(H,20,21). The van der Waals surface area contributed by atoms with E-state index in [1.807, 2.05) is 5.01 Å². The van der Waals surface area contributed by atoms with E-state index in [0.717, 1.165) is 25.9 Å². The number of aliphatic carboxylic acids is 1. The Hall–Kier alpha value is -0.610. The summed E-state index contributed by atoms with van der Waals surface area (Å²) in [5, 5.41) is 10.6. The lowest BCUT2D eigenvalue weighted by Crippen LogP contribution is -2.42. The van der Waals surface area contributed by atoms with Gasteiger partial charge >= 0.3 is 5.97 Å². The minimum Gasteiger partial charge on any atom is -0.480 e. The second-order valence-electron chi connectivity index (χ2n) is 5.91. The van der Waals surface area contributed by atoms with Crippen molar-refractivity contribution in [2.45, 2.75) is 84.5 Å². The van der Waals surface area contributed by atoms with Crippen LogP contribution in [0.5, 0.6) is 0 Å². The fraction of sp³-hybridized carbons (Fsp3) is 0.941. The monoisotopic (exact) mass is 300 g/mol. The highest BCUT2D eigenvalue weighted by molar-refractivity contribution is 5.68. The molecule has 0 radical (unpaired) electrons. The predicted molar refractivity (Wildman–Crippen MR) is 89.3 cm³/mol. The Labute approximate surface area is 131 Å². The van der Waals surface area contributed by atoms with Gasteiger partial charge in [-0.1, -0.05) is 71.6 Å². The second kappa shape index (κ2) is 15.8. The topological polar surface area (TPSA) is 52.6 Å². The van der Waals surface area contributed by atoms with Gasteiger partial charge < -0.3 is 5.11 Å². The molecule has 0 aliphatic heterocycles. The molecule has 4 nitrogen and oxygen atoms in total. The van der Waals surface area contributed by atoms with Crippen LogP contribution in [0.2, 0.25) is 0 Å². The van der Waals surface area contributed by atoms with Gasteiger partial charge in [0.1, 0.15) is 6.54 Å².